The normalized spacial score (nSPS) is 16.7. The van der Waals surface area contributed by atoms with Crippen molar-refractivity contribution in [1.82, 2.24) is 15.0 Å². The van der Waals surface area contributed by atoms with E-state index in [1.807, 2.05) is 24.3 Å². The summed E-state index contributed by atoms with van der Waals surface area (Å²) in [6, 6.07) is 17.1. The molecule has 0 saturated heterocycles. The lowest BCUT2D eigenvalue weighted by atomic mass is 9.85. The summed E-state index contributed by atoms with van der Waals surface area (Å²) in [6.45, 7) is 4.07. The number of aromatic nitrogens is 1. The fraction of sp³-hybridized carbons (Fsp3) is 0.390. The molecule has 0 spiro atoms. The highest BCUT2D eigenvalue weighted by atomic mass is 32.2. The fourth-order valence-corrected chi connectivity index (χ4v) is 6.93. The molecule has 1 amide bonds. The number of halogens is 4. The molecular weight excluding hydrogens is 787 g/mol. The molecular formula is C41H45F4N3O9S. The van der Waals surface area contributed by atoms with Crippen molar-refractivity contribution in [2.24, 2.45) is 0 Å². The van der Waals surface area contributed by atoms with Gasteiger partial charge >= 0.3 is 6.18 Å². The third-order valence-electron chi connectivity index (χ3n) is 9.34. The van der Waals surface area contributed by atoms with Gasteiger partial charge < -0.3 is 38.9 Å². The van der Waals surface area contributed by atoms with Crippen LogP contribution in [0.3, 0.4) is 0 Å². The van der Waals surface area contributed by atoms with Crippen LogP contribution in [0.2, 0.25) is 0 Å². The summed E-state index contributed by atoms with van der Waals surface area (Å²) in [6.07, 6.45) is -4.94. The van der Waals surface area contributed by atoms with E-state index in [2.05, 4.69) is 15.0 Å². The second-order valence-electron chi connectivity index (χ2n) is 14.5. The van der Waals surface area contributed by atoms with Gasteiger partial charge in [-0.25, -0.2) is 18.3 Å². The summed E-state index contributed by atoms with van der Waals surface area (Å²) >= 11 is 0. The maximum Gasteiger partial charge on any atom is 0.424 e. The third kappa shape index (κ3) is 9.94. The van der Waals surface area contributed by atoms with Crippen LogP contribution >= 0.6 is 0 Å². The number of hydrogen-bond acceptors (Lipinski definition) is 10. The zero-order valence-electron chi connectivity index (χ0n) is 32.5. The smallest absolute Gasteiger partial charge is 0.424 e. The van der Waals surface area contributed by atoms with Crippen molar-refractivity contribution in [2.75, 3.05) is 40.6 Å². The molecule has 12 nitrogen and oxygen atoms in total. The maximum atomic E-state index is 15.1. The molecule has 58 heavy (non-hydrogen) atoms. The van der Waals surface area contributed by atoms with E-state index in [1.165, 1.54) is 37.4 Å². The molecule has 0 bridgehead atoms. The number of carbonyl (C=O) groups excluding carboxylic acids is 2. The van der Waals surface area contributed by atoms with E-state index in [9.17, 15) is 23.3 Å². The molecule has 3 atom stereocenters. The largest absolute Gasteiger partial charge is 0.497 e. The molecule has 0 aliphatic carbocycles. The molecule has 2 heterocycles. The van der Waals surface area contributed by atoms with Gasteiger partial charge in [0.15, 0.2) is 17.2 Å². The van der Waals surface area contributed by atoms with Crippen LogP contribution in [0.15, 0.2) is 72.8 Å². The second-order valence-corrected chi connectivity index (χ2v) is 16.4. The number of fused-ring (bicyclic) bond motifs is 1. The molecule has 17 heteroatoms. The highest BCUT2D eigenvalue weighted by Gasteiger charge is 2.58. The summed E-state index contributed by atoms with van der Waals surface area (Å²) in [5.74, 6) is -0.537. The van der Waals surface area contributed by atoms with E-state index in [4.69, 9.17) is 23.7 Å². The number of methoxy groups -OCH3 is 2. The summed E-state index contributed by atoms with van der Waals surface area (Å²) in [5.41, 5.74) is -5.37. The van der Waals surface area contributed by atoms with Crippen molar-refractivity contribution < 1.29 is 60.2 Å². The molecule has 312 valence electrons. The number of aliphatic hydroxyl groups is 1. The highest BCUT2D eigenvalue weighted by molar-refractivity contribution is 7.84. The Kier molecular flexibility index (Phi) is 13.8. The Hall–Kier alpha value is -5.10. The van der Waals surface area contributed by atoms with E-state index < -0.39 is 57.0 Å². The Labute approximate surface area is 335 Å². The lowest BCUT2D eigenvalue weighted by Gasteiger charge is -2.34. The maximum absolute atomic E-state index is 15.1. The molecule has 0 radical (unpaired) electrons. The molecule has 0 fully saturated rings. The average Bonchev–Trinajstić information content (AvgIpc) is 3.56. The predicted octanol–water partition coefficient (Wildman–Crippen LogP) is 6.30. The zero-order chi connectivity index (χ0) is 42.3. The number of amides is 1. The topological polar surface area (TPSA) is 155 Å². The number of nitrogens with one attached hydrogen (secondary N) is 2. The Bertz CT molecular complexity index is 2100. The summed E-state index contributed by atoms with van der Waals surface area (Å²) in [5, 5.41) is 13.8. The van der Waals surface area contributed by atoms with Crippen LogP contribution < -0.4 is 29.0 Å². The quantitative estimate of drug-likeness (QED) is 0.0592. The first-order chi connectivity index (χ1) is 27.4. The summed E-state index contributed by atoms with van der Waals surface area (Å²) < 4.78 is 103. The molecule has 3 N–H and O–H groups in total. The van der Waals surface area contributed by atoms with Crippen LogP contribution in [0.5, 0.6) is 23.0 Å². The zero-order valence-corrected chi connectivity index (χ0v) is 33.4. The van der Waals surface area contributed by atoms with Gasteiger partial charge in [0.2, 0.25) is 5.60 Å². The fourth-order valence-electron chi connectivity index (χ4n) is 6.00. The van der Waals surface area contributed by atoms with Gasteiger partial charge in [-0.3, -0.25) is 4.79 Å². The van der Waals surface area contributed by atoms with Gasteiger partial charge in [-0.2, -0.15) is 13.2 Å². The Morgan fingerprint density at radius 1 is 0.983 bits per heavy atom. The number of ether oxygens (including phenoxy) is 5. The molecule has 1 aromatic heterocycles. The van der Waals surface area contributed by atoms with Crippen molar-refractivity contribution in [3.05, 3.63) is 101 Å². The molecule has 0 saturated carbocycles. The number of carbonyl (C=O) groups is 2. The monoisotopic (exact) mass is 831 g/mol. The first kappa shape index (κ1) is 44.0. The van der Waals surface area contributed by atoms with Gasteiger partial charge in [-0.1, -0.05) is 12.1 Å². The molecule has 3 unspecified atom stereocenters. The molecule has 3 aromatic carbocycles. The number of nitrogens with zero attached hydrogens (tertiary/aromatic N) is 1. The van der Waals surface area contributed by atoms with Gasteiger partial charge in [0, 0.05) is 23.1 Å². The first-order valence-electron chi connectivity index (χ1n) is 18.1. The van der Waals surface area contributed by atoms with E-state index >= 15 is 13.2 Å². The SMILES string of the molecule is COc1ccc(COCCOc2ccc(C(=O)NCC(O)(c3cc4c(c(-c5ccc(F)cc5)n3)OCC4(CCC=O)NS(=O)C(C)(C)C)C(F)(F)F)cc2OC)cc1. The third-order valence-corrected chi connectivity index (χ3v) is 11.0. The predicted molar refractivity (Wildman–Crippen MR) is 207 cm³/mol. The first-order valence-corrected chi connectivity index (χ1v) is 19.3. The molecule has 1 aliphatic rings. The Morgan fingerprint density at radius 3 is 2.31 bits per heavy atom. The van der Waals surface area contributed by atoms with Crippen molar-refractivity contribution in [3.8, 4) is 34.3 Å². The lowest BCUT2D eigenvalue weighted by Crippen LogP contribution is -2.52. The van der Waals surface area contributed by atoms with Crippen molar-refractivity contribution in [1.29, 1.82) is 0 Å². The van der Waals surface area contributed by atoms with Gasteiger partial charge in [-0.05, 0) is 93.4 Å². The number of hydrogen-bond donors (Lipinski definition) is 3. The number of alkyl halides is 3. The molecule has 5 rings (SSSR count). The van der Waals surface area contributed by atoms with E-state index in [-0.39, 0.29) is 72.3 Å². The minimum absolute atomic E-state index is 0.00793. The van der Waals surface area contributed by atoms with Gasteiger partial charge in [0.05, 0.1) is 60.9 Å². The molecule has 1 aliphatic heterocycles. The number of aldehydes is 1. The number of benzene rings is 3. The summed E-state index contributed by atoms with van der Waals surface area (Å²) in [4.78, 5) is 29.2. The van der Waals surface area contributed by atoms with E-state index in [0.717, 1.165) is 29.5 Å². The number of rotatable bonds is 18. The van der Waals surface area contributed by atoms with E-state index in [1.54, 1.807) is 27.9 Å². The Morgan fingerprint density at radius 2 is 1.69 bits per heavy atom. The van der Waals surface area contributed by atoms with Gasteiger partial charge in [0.1, 0.15) is 36.8 Å². The van der Waals surface area contributed by atoms with Gasteiger partial charge in [0.25, 0.3) is 5.91 Å². The van der Waals surface area contributed by atoms with Crippen LogP contribution in [0, 0.1) is 5.82 Å². The Balaban J connectivity index is 1.41. The van der Waals surface area contributed by atoms with Gasteiger partial charge in [-0.15, -0.1) is 0 Å². The van der Waals surface area contributed by atoms with E-state index in [0.29, 0.717) is 12.9 Å². The second kappa shape index (κ2) is 18.2. The van der Waals surface area contributed by atoms with Crippen LogP contribution in [0.25, 0.3) is 11.3 Å². The van der Waals surface area contributed by atoms with Crippen molar-refractivity contribution >= 4 is 23.2 Å². The summed E-state index contributed by atoms with van der Waals surface area (Å²) in [7, 11) is 1.09. The standard InChI is InChI=1S/C41H45F4N3O9S/c1-38(2,3)58(52)48-39(17-6-18-49)25-57-36-31(39)22-34(47-35(36)27-9-12-29(42)13-10-27)40(51,41(43,44)45)24-46-37(50)28-11-16-32(33(21-28)54-5)56-20-19-55-23-26-7-14-30(53-4)15-8-26/h7-16,18,21-22,48,51H,6,17,19-20,23-25H2,1-5H3,(H,46,50). The van der Waals surface area contributed by atoms with Crippen molar-refractivity contribution in [3.63, 3.8) is 0 Å². The highest BCUT2D eigenvalue weighted by Crippen LogP contribution is 2.49. The average molecular weight is 832 g/mol. The molecule has 4 aromatic rings. The minimum atomic E-state index is -5.42. The van der Waals surface area contributed by atoms with Crippen LogP contribution in [0.4, 0.5) is 17.6 Å². The van der Waals surface area contributed by atoms with Crippen molar-refractivity contribution in [2.45, 2.75) is 62.3 Å². The van der Waals surface area contributed by atoms with Crippen LogP contribution in [-0.4, -0.2) is 78.0 Å². The number of pyridine rings is 1. The lowest BCUT2D eigenvalue weighted by molar-refractivity contribution is -0.265. The van der Waals surface area contributed by atoms with Crippen LogP contribution in [-0.2, 0) is 38.3 Å². The minimum Gasteiger partial charge on any atom is -0.497 e. The van der Waals surface area contributed by atoms with Crippen LogP contribution in [0.1, 0.15) is 60.8 Å².